The van der Waals surface area contributed by atoms with Crippen LogP contribution < -0.4 is 0 Å². The molecule has 0 heterocycles. The molecule has 0 saturated carbocycles. The molecule has 0 spiro atoms. The van der Waals surface area contributed by atoms with E-state index in [1.54, 1.807) is 30.3 Å². The number of Topliss-reactive ketones (excluding diaryl/α,β-unsaturated/α-hetero) is 1. The van der Waals surface area contributed by atoms with E-state index in [1.807, 2.05) is 30.3 Å². The first-order valence-electron chi connectivity index (χ1n) is 6.57. The van der Waals surface area contributed by atoms with Gasteiger partial charge < -0.3 is 0 Å². The van der Waals surface area contributed by atoms with Crippen molar-refractivity contribution in [3.8, 4) is 0 Å². The predicted molar refractivity (Wildman–Crippen MR) is 75.1 cm³/mol. The third-order valence-corrected chi connectivity index (χ3v) is 3.14. The van der Waals surface area contributed by atoms with Crippen molar-refractivity contribution in [2.45, 2.75) is 25.2 Å². The maximum Gasteiger partial charge on any atom is 0.255 e. The van der Waals surface area contributed by atoms with Crippen LogP contribution in [-0.4, -0.2) is 11.7 Å². The quantitative estimate of drug-likeness (QED) is 0.707. The van der Waals surface area contributed by atoms with Gasteiger partial charge in [-0.05, 0) is 12.0 Å². The van der Waals surface area contributed by atoms with Gasteiger partial charge in [0.1, 0.15) is 0 Å². The summed E-state index contributed by atoms with van der Waals surface area (Å²) in [5, 5.41) is 0. The molecule has 2 aromatic carbocycles. The Bertz CT molecular complexity index is 550. The zero-order valence-electron chi connectivity index (χ0n) is 11.1. The van der Waals surface area contributed by atoms with Gasteiger partial charge in [0.05, 0.1) is 6.42 Å². The van der Waals surface area contributed by atoms with Gasteiger partial charge in [0.25, 0.3) is 5.92 Å². The molecule has 2 rings (SSSR count). The number of alkyl halides is 2. The molecule has 0 aliphatic heterocycles. The Hall–Kier alpha value is -2.03. The van der Waals surface area contributed by atoms with Gasteiger partial charge in [-0.25, -0.2) is 8.78 Å². The maximum atomic E-state index is 13.8. The van der Waals surface area contributed by atoms with Crippen LogP contribution in [0.5, 0.6) is 0 Å². The molecular weight excluding hydrogens is 258 g/mol. The van der Waals surface area contributed by atoms with E-state index in [1.165, 1.54) is 0 Å². The van der Waals surface area contributed by atoms with Crippen molar-refractivity contribution in [2.75, 3.05) is 0 Å². The summed E-state index contributed by atoms with van der Waals surface area (Å²) in [6.07, 6.45) is -0.769. The van der Waals surface area contributed by atoms with E-state index in [0.29, 0.717) is 5.56 Å². The van der Waals surface area contributed by atoms with Crippen LogP contribution >= 0.6 is 0 Å². The van der Waals surface area contributed by atoms with Gasteiger partial charge in [0.2, 0.25) is 0 Å². The Labute approximate surface area is 117 Å². The van der Waals surface area contributed by atoms with Crippen molar-refractivity contribution in [1.29, 1.82) is 0 Å². The molecule has 20 heavy (non-hydrogen) atoms. The first-order valence-corrected chi connectivity index (χ1v) is 6.57. The molecule has 0 fully saturated rings. The molecule has 3 heteroatoms. The van der Waals surface area contributed by atoms with Crippen molar-refractivity contribution in [3.63, 3.8) is 0 Å². The Kier molecular flexibility index (Phi) is 4.61. The average molecular weight is 274 g/mol. The predicted octanol–water partition coefficient (Wildman–Crippen LogP) is 4.53. The van der Waals surface area contributed by atoms with Gasteiger partial charge in [0, 0.05) is 12.0 Å². The summed E-state index contributed by atoms with van der Waals surface area (Å²) in [6, 6.07) is 17.4. The summed E-state index contributed by atoms with van der Waals surface area (Å²) < 4.78 is 27.6. The molecular formula is C17H16F2O. The van der Waals surface area contributed by atoms with Gasteiger partial charge in [0.15, 0.2) is 5.78 Å². The van der Waals surface area contributed by atoms with E-state index in [4.69, 9.17) is 0 Å². The number of halogens is 2. The highest BCUT2D eigenvalue weighted by Gasteiger charge is 2.32. The Morgan fingerprint density at radius 2 is 1.45 bits per heavy atom. The number of ketones is 1. The third kappa shape index (κ3) is 4.26. The molecule has 0 saturated heterocycles. The van der Waals surface area contributed by atoms with Crippen LogP contribution in [0.15, 0.2) is 60.7 Å². The zero-order chi connectivity index (χ0) is 14.4. The molecule has 0 aliphatic carbocycles. The smallest absolute Gasteiger partial charge is 0.255 e. The van der Waals surface area contributed by atoms with E-state index < -0.39 is 18.1 Å². The summed E-state index contributed by atoms with van der Waals surface area (Å²) >= 11 is 0. The number of carbonyl (C=O) groups excluding carboxylic acids is 1. The lowest BCUT2D eigenvalue weighted by Gasteiger charge is -2.15. The summed E-state index contributed by atoms with van der Waals surface area (Å²) in [5.74, 6) is -3.48. The Morgan fingerprint density at radius 3 is 2.05 bits per heavy atom. The molecule has 0 amide bonds. The van der Waals surface area contributed by atoms with Gasteiger partial charge in [-0.1, -0.05) is 60.7 Å². The number of aryl methyl sites for hydroxylation is 1. The highest BCUT2D eigenvalue weighted by Crippen LogP contribution is 2.26. The van der Waals surface area contributed by atoms with Gasteiger partial charge in [-0.15, -0.1) is 0 Å². The third-order valence-electron chi connectivity index (χ3n) is 3.14. The molecule has 1 nitrogen and oxygen atoms in total. The zero-order valence-corrected chi connectivity index (χ0v) is 11.1. The van der Waals surface area contributed by atoms with Crippen LogP contribution in [-0.2, 0) is 6.42 Å². The second-order valence-electron chi connectivity index (χ2n) is 4.81. The van der Waals surface area contributed by atoms with Crippen molar-refractivity contribution in [3.05, 3.63) is 71.8 Å². The largest absolute Gasteiger partial charge is 0.294 e. The monoisotopic (exact) mass is 274 g/mol. The lowest BCUT2D eigenvalue weighted by atomic mass is 9.99. The SMILES string of the molecule is O=C(CC(F)(F)CCc1ccccc1)c1ccccc1. The molecule has 0 N–H and O–H groups in total. The minimum Gasteiger partial charge on any atom is -0.294 e. The summed E-state index contributed by atoms with van der Waals surface area (Å²) in [4.78, 5) is 11.8. The average Bonchev–Trinajstić information content (AvgIpc) is 2.47. The molecule has 2 aromatic rings. The van der Waals surface area contributed by atoms with Crippen LogP contribution in [0.1, 0.15) is 28.8 Å². The standard InChI is InChI=1S/C17H16F2O/c18-17(19,12-11-14-7-3-1-4-8-14)13-16(20)15-9-5-2-6-10-15/h1-10H,11-13H2. The van der Waals surface area contributed by atoms with Crippen molar-refractivity contribution >= 4 is 5.78 Å². The molecule has 0 unspecified atom stereocenters. The van der Waals surface area contributed by atoms with E-state index in [9.17, 15) is 13.6 Å². The minimum absolute atomic E-state index is 0.274. The number of hydrogen-bond acceptors (Lipinski definition) is 1. The second-order valence-corrected chi connectivity index (χ2v) is 4.81. The fourth-order valence-electron chi connectivity index (χ4n) is 2.02. The summed E-state index contributed by atoms with van der Waals surface area (Å²) in [5.41, 5.74) is 1.20. The van der Waals surface area contributed by atoms with Crippen LogP contribution in [0.4, 0.5) is 8.78 Å². The fraction of sp³-hybridized carbons (Fsp3) is 0.235. The van der Waals surface area contributed by atoms with Crippen LogP contribution in [0.3, 0.4) is 0 Å². The highest BCUT2D eigenvalue weighted by molar-refractivity contribution is 5.96. The summed E-state index contributed by atoms with van der Waals surface area (Å²) in [6.45, 7) is 0. The highest BCUT2D eigenvalue weighted by atomic mass is 19.3. The summed E-state index contributed by atoms with van der Waals surface area (Å²) in [7, 11) is 0. The first-order chi connectivity index (χ1) is 9.57. The molecule has 104 valence electrons. The lowest BCUT2D eigenvalue weighted by Crippen LogP contribution is -2.22. The fourth-order valence-corrected chi connectivity index (χ4v) is 2.02. The van der Waals surface area contributed by atoms with E-state index in [-0.39, 0.29) is 12.8 Å². The second kappa shape index (κ2) is 6.42. The topological polar surface area (TPSA) is 17.1 Å². The van der Waals surface area contributed by atoms with Crippen molar-refractivity contribution < 1.29 is 13.6 Å². The van der Waals surface area contributed by atoms with Gasteiger partial charge >= 0.3 is 0 Å². The molecule has 0 bridgehead atoms. The van der Waals surface area contributed by atoms with E-state index >= 15 is 0 Å². The number of hydrogen-bond donors (Lipinski definition) is 0. The van der Waals surface area contributed by atoms with Gasteiger partial charge in [-0.2, -0.15) is 0 Å². The van der Waals surface area contributed by atoms with Crippen LogP contribution in [0, 0.1) is 0 Å². The number of benzene rings is 2. The maximum absolute atomic E-state index is 13.8. The van der Waals surface area contributed by atoms with E-state index in [2.05, 4.69) is 0 Å². The van der Waals surface area contributed by atoms with Crippen molar-refractivity contribution in [2.24, 2.45) is 0 Å². The molecule has 0 radical (unpaired) electrons. The van der Waals surface area contributed by atoms with Crippen molar-refractivity contribution in [1.82, 2.24) is 0 Å². The van der Waals surface area contributed by atoms with Crippen LogP contribution in [0.25, 0.3) is 0 Å². The van der Waals surface area contributed by atoms with Gasteiger partial charge in [-0.3, -0.25) is 4.79 Å². The Balaban J connectivity index is 1.92. The van der Waals surface area contributed by atoms with Crippen LogP contribution in [0.2, 0.25) is 0 Å². The number of rotatable bonds is 6. The number of carbonyl (C=O) groups is 1. The lowest BCUT2D eigenvalue weighted by molar-refractivity contribution is -0.0101. The minimum atomic E-state index is -2.97. The molecule has 0 atom stereocenters. The first kappa shape index (κ1) is 14.4. The van der Waals surface area contributed by atoms with E-state index in [0.717, 1.165) is 5.56 Å². The molecule has 0 aromatic heterocycles. The Morgan fingerprint density at radius 1 is 0.900 bits per heavy atom. The normalized spacial score (nSPS) is 11.3. The molecule has 0 aliphatic rings.